The number of phenolic OH excluding ortho intramolecular Hbond substituents is 1. The molecule has 0 unspecified atom stereocenters. The highest BCUT2D eigenvalue weighted by molar-refractivity contribution is 7.14. The van der Waals surface area contributed by atoms with Gasteiger partial charge in [-0.2, -0.15) is 0 Å². The topological polar surface area (TPSA) is 122 Å². The number of thiophene rings is 1. The van der Waals surface area contributed by atoms with Crippen molar-refractivity contribution in [2.24, 2.45) is 10.9 Å². The van der Waals surface area contributed by atoms with Gasteiger partial charge in [-0.05, 0) is 61.6 Å². The zero-order chi connectivity index (χ0) is 33.2. The van der Waals surface area contributed by atoms with Gasteiger partial charge in [0.2, 0.25) is 0 Å². The zero-order valence-corrected chi connectivity index (χ0v) is 27.7. The first-order valence-corrected chi connectivity index (χ1v) is 15.9. The van der Waals surface area contributed by atoms with Gasteiger partial charge in [0, 0.05) is 47.9 Å². The highest BCUT2D eigenvalue weighted by Gasteiger charge is 2.39. The summed E-state index contributed by atoms with van der Waals surface area (Å²) in [4.78, 5) is 55.8. The van der Waals surface area contributed by atoms with Gasteiger partial charge in [0.05, 0.1) is 10.8 Å². The molecule has 46 heavy (non-hydrogen) atoms. The van der Waals surface area contributed by atoms with Crippen molar-refractivity contribution in [3.63, 3.8) is 0 Å². The van der Waals surface area contributed by atoms with Crippen LogP contribution in [0.25, 0.3) is 22.5 Å². The average Bonchev–Trinajstić information content (AvgIpc) is 3.48. The molecule has 238 valence electrons. The number of aliphatic imine (C=N–C) groups is 1. The first-order valence-electron chi connectivity index (χ1n) is 15.1. The number of carbonyl (C=O) groups is 3. The van der Waals surface area contributed by atoms with Crippen LogP contribution in [0.1, 0.15) is 61.7 Å². The molecule has 1 aliphatic heterocycles. The summed E-state index contributed by atoms with van der Waals surface area (Å²) >= 11 is 1.38. The Kier molecular flexibility index (Phi) is 9.21. The quantitative estimate of drug-likeness (QED) is 0.181. The second kappa shape index (κ2) is 13.0. The first-order chi connectivity index (χ1) is 21.7. The average molecular weight is 639 g/mol. The molecule has 1 saturated heterocycles. The third-order valence-electron chi connectivity index (χ3n) is 7.38. The summed E-state index contributed by atoms with van der Waals surface area (Å²) < 4.78 is 5.48. The van der Waals surface area contributed by atoms with E-state index in [1.54, 1.807) is 42.7 Å². The van der Waals surface area contributed by atoms with E-state index in [2.05, 4.69) is 35.7 Å². The van der Waals surface area contributed by atoms with Crippen LogP contribution in [0, 0.1) is 5.92 Å². The van der Waals surface area contributed by atoms with E-state index in [1.165, 1.54) is 16.2 Å². The Labute approximate surface area is 273 Å². The van der Waals surface area contributed by atoms with Gasteiger partial charge >= 0.3 is 5.97 Å². The summed E-state index contributed by atoms with van der Waals surface area (Å²) in [7, 11) is 0. The lowest BCUT2D eigenvalue weighted by atomic mass is 9.95. The molecule has 0 radical (unpaired) electrons. The number of rotatable bonds is 7. The van der Waals surface area contributed by atoms with E-state index in [0.717, 1.165) is 27.1 Å². The Bertz CT molecular complexity index is 1760. The first kappa shape index (κ1) is 32.7. The highest BCUT2D eigenvalue weighted by atomic mass is 32.1. The predicted molar refractivity (Wildman–Crippen MR) is 179 cm³/mol. The number of aromatic hydroxyl groups is 1. The number of carbonyl (C=O) groups excluding carboxylic acids is 3. The number of hydrogen-bond donors (Lipinski definition) is 1. The second-order valence-electron chi connectivity index (χ2n) is 13.4. The molecule has 2 aromatic heterocycles. The van der Waals surface area contributed by atoms with Crippen molar-refractivity contribution < 1.29 is 24.2 Å². The van der Waals surface area contributed by atoms with Crippen molar-refractivity contribution >= 4 is 34.8 Å². The molecule has 1 N–H and O–H groups in total. The van der Waals surface area contributed by atoms with E-state index in [1.807, 2.05) is 51.1 Å². The number of phenols is 1. The molecule has 1 aliphatic rings. The number of amides is 2. The monoisotopic (exact) mass is 638 g/mol. The summed E-state index contributed by atoms with van der Waals surface area (Å²) in [5, 5.41) is 9.54. The summed E-state index contributed by atoms with van der Waals surface area (Å²) in [6.45, 7) is 12.1. The Balaban J connectivity index is 1.33. The van der Waals surface area contributed by atoms with Crippen molar-refractivity contribution in [2.75, 3.05) is 13.1 Å². The normalized spacial score (nSPS) is 14.1. The van der Waals surface area contributed by atoms with Gasteiger partial charge in [0.1, 0.15) is 17.1 Å². The van der Waals surface area contributed by atoms with E-state index in [-0.39, 0.29) is 48.3 Å². The summed E-state index contributed by atoms with van der Waals surface area (Å²) in [6.07, 6.45) is 3.59. The van der Waals surface area contributed by atoms with Gasteiger partial charge in [-0.1, -0.05) is 57.2 Å². The van der Waals surface area contributed by atoms with Crippen molar-refractivity contribution in [1.29, 1.82) is 0 Å². The summed E-state index contributed by atoms with van der Waals surface area (Å²) in [5.41, 5.74) is 2.68. The van der Waals surface area contributed by atoms with Gasteiger partial charge < -0.3 is 14.7 Å². The van der Waals surface area contributed by atoms with Crippen LogP contribution in [0.15, 0.2) is 78.0 Å². The molecule has 9 nitrogen and oxygen atoms in total. The van der Waals surface area contributed by atoms with Gasteiger partial charge in [-0.3, -0.25) is 14.4 Å². The Hall–Kier alpha value is -4.70. The SMILES string of the molecule is CC(C)(C)OC(=O)C1CN(C(=O)C(Cc2ccc(-c3ncc(-c4ccc(O)cc4)cn3)cc2)=NC(=O)c2ccc(C(C)(C)C)s2)C1. The lowest BCUT2D eigenvalue weighted by molar-refractivity contribution is -0.166. The van der Waals surface area contributed by atoms with Gasteiger partial charge in [-0.15, -0.1) is 11.3 Å². The van der Waals surface area contributed by atoms with Crippen LogP contribution in [0.3, 0.4) is 0 Å². The standard InChI is InChI=1S/C36H38N4O5S/c1-35(2,3)30-16-15-29(46-30)32(42)39-28(33(43)40-20-26(21-40)34(44)45-36(4,5)6)17-22-7-9-24(10-8-22)31-37-18-25(19-38-31)23-11-13-27(41)14-12-23/h7-16,18-19,26,41H,17,20-21H2,1-6H3. The number of ether oxygens (including phenoxy) is 1. The maximum absolute atomic E-state index is 13.6. The number of nitrogens with zero attached hydrogens (tertiary/aromatic N) is 4. The molecule has 0 aliphatic carbocycles. The van der Waals surface area contributed by atoms with Crippen LogP contribution >= 0.6 is 11.3 Å². The van der Waals surface area contributed by atoms with Crippen LogP contribution < -0.4 is 0 Å². The zero-order valence-electron chi connectivity index (χ0n) is 26.9. The summed E-state index contributed by atoms with van der Waals surface area (Å²) in [5.74, 6) is -0.864. The van der Waals surface area contributed by atoms with Crippen molar-refractivity contribution in [3.8, 4) is 28.3 Å². The molecular formula is C36H38N4O5S. The van der Waals surface area contributed by atoms with Crippen molar-refractivity contribution in [1.82, 2.24) is 14.9 Å². The molecule has 1 fully saturated rings. The molecule has 0 spiro atoms. The fourth-order valence-electron chi connectivity index (χ4n) is 4.80. The van der Waals surface area contributed by atoms with E-state index in [4.69, 9.17) is 4.74 Å². The minimum atomic E-state index is -0.612. The van der Waals surface area contributed by atoms with E-state index < -0.39 is 17.4 Å². The minimum Gasteiger partial charge on any atom is -0.508 e. The minimum absolute atomic E-state index is 0.112. The van der Waals surface area contributed by atoms with Gasteiger partial charge in [0.25, 0.3) is 11.8 Å². The number of likely N-dealkylation sites (tertiary alicyclic amines) is 1. The Morgan fingerprint density at radius 1 is 0.870 bits per heavy atom. The third kappa shape index (κ3) is 7.92. The fourth-order valence-corrected chi connectivity index (χ4v) is 5.75. The largest absolute Gasteiger partial charge is 0.508 e. The molecule has 2 aromatic carbocycles. The van der Waals surface area contributed by atoms with E-state index >= 15 is 0 Å². The molecule has 3 heterocycles. The van der Waals surface area contributed by atoms with E-state index in [0.29, 0.717) is 10.7 Å². The number of esters is 1. The van der Waals surface area contributed by atoms with Gasteiger partial charge in [0.15, 0.2) is 5.82 Å². The molecule has 0 saturated carbocycles. The number of benzene rings is 2. The molecule has 4 aromatic rings. The molecule has 0 atom stereocenters. The van der Waals surface area contributed by atoms with E-state index in [9.17, 15) is 19.5 Å². The highest BCUT2D eigenvalue weighted by Crippen LogP contribution is 2.30. The lowest BCUT2D eigenvalue weighted by Gasteiger charge is -2.39. The summed E-state index contributed by atoms with van der Waals surface area (Å²) in [6, 6.07) is 18.0. The fraction of sp³-hybridized carbons (Fsp3) is 0.333. The Morgan fingerprint density at radius 3 is 2.04 bits per heavy atom. The lowest BCUT2D eigenvalue weighted by Crippen LogP contribution is -2.56. The number of aromatic nitrogens is 2. The van der Waals surface area contributed by atoms with Gasteiger partial charge in [-0.25, -0.2) is 15.0 Å². The number of hydrogen-bond acceptors (Lipinski definition) is 8. The van der Waals surface area contributed by atoms with Crippen molar-refractivity contribution in [2.45, 2.75) is 59.0 Å². The van der Waals surface area contributed by atoms with Crippen LogP contribution in [-0.4, -0.2) is 62.2 Å². The van der Waals surface area contributed by atoms with Crippen LogP contribution in [-0.2, 0) is 26.2 Å². The molecule has 0 bridgehead atoms. The molecule has 10 heteroatoms. The van der Waals surface area contributed by atoms with Crippen LogP contribution in [0.2, 0.25) is 0 Å². The third-order valence-corrected chi connectivity index (χ3v) is 8.88. The van der Waals surface area contributed by atoms with Crippen LogP contribution in [0.5, 0.6) is 5.75 Å². The molecule has 5 rings (SSSR count). The predicted octanol–water partition coefficient (Wildman–Crippen LogP) is 6.50. The molecule has 2 amide bonds. The smallest absolute Gasteiger partial charge is 0.313 e. The second-order valence-corrected chi connectivity index (χ2v) is 14.5. The van der Waals surface area contributed by atoms with Crippen molar-refractivity contribution in [3.05, 3.63) is 88.4 Å². The Morgan fingerprint density at radius 2 is 1.48 bits per heavy atom. The molecular weight excluding hydrogens is 600 g/mol. The van der Waals surface area contributed by atoms with Crippen LogP contribution in [0.4, 0.5) is 0 Å². The maximum Gasteiger partial charge on any atom is 0.313 e. The maximum atomic E-state index is 13.6.